The third-order valence-electron chi connectivity index (χ3n) is 5.66. The summed E-state index contributed by atoms with van der Waals surface area (Å²) in [5, 5.41) is 7.30. The van der Waals surface area contributed by atoms with Crippen molar-refractivity contribution in [2.24, 2.45) is 5.10 Å². The molecule has 2 amide bonds. The van der Waals surface area contributed by atoms with Crippen LogP contribution in [0.15, 0.2) is 102 Å². The lowest BCUT2D eigenvalue weighted by molar-refractivity contribution is -0.129. The minimum Gasteiger partial charge on any atom is -0.490 e. The molecule has 8 nitrogen and oxygen atoms in total. The number of halogens is 2. The summed E-state index contributed by atoms with van der Waals surface area (Å²) < 4.78 is 11.1. The van der Waals surface area contributed by atoms with E-state index in [1.807, 2.05) is 30.3 Å². The Balaban J connectivity index is 1.41. The van der Waals surface area contributed by atoms with Gasteiger partial charge in [-0.2, -0.15) is 5.10 Å². The van der Waals surface area contributed by atoms with Crippen LogP contribution < -0.4 is 20.2 Å². The Morgan fingerprint density at radius 3 is 2.33 bits per heavy atom. The number of carbonyl (C=O) groups is 3. The van der Waals surface area contributed by atoms with E-state index in [1.54, 1.807) is 61.5 Å². The molecule has 2 N–H and O–H groups in total. The smallest absolute Gasteiger partial charge is 0.336 e. The number of amides is 2. The third kappa shape index (κ3) is 8.30. The van der Waals surface area contributed by atoms with E-state index in [2.05, 4.69) is 15.8 Å². The molecule has 4 rings (SSSR count). The van der Waals surface area contributed by atoms with E-state index in [0.29, 0.717) is 22.9 Å². The fraction of sp³-hybridized carbons (Fsp3) is 0.0625. The average Bonchev–Trinajstić information content (AvgIpc) is 2.98. The van der Waals surface area contributed by atoms with Crippen LogP contribution in [-0.2, 0) is 4.79 Å². The first-order chi connectivity index (χ1) is 20.3. The molecule has 0 saturated heterocycles. The molecule has 0 spiro atoms. The number of nitrogens with zero attached hydrogens (tertiary/aromatic N) is 1. The second-order valence-electron chi connectivity index (χ2n) is 8.63. The van der Waals surface area contributed by atoms with Gasteiger partial charge in [-0.25, -0.2) is 10.2 Å². The molecule has 4 aromatic rings. The van der Waals surface area contributed by atoms with E-state index < -0.39 is 17.8 Å². The van der Waals surface area contributed by atoms with Gasteiger partial charge in [0.15, 0.2) is 11.5 Å². The first kappa shape index (κ1) is 30.0. The highest BCUT2D eigenvalue weighted by Crippen LogP contribution is 2.28. The number of hydrogen-bond donors (Lipinski definition) is 2. The van der Waals surface area contributed by atoms with Crippen LogP contribution in [0.4, 0.5) is 5.69 Å². The van der Waals surface area contributed by atoms with Crippen molar-refractivity contribution in [3.05, 3.63) is 129 Å². The molecule has 0 aliphatic rings. The Morgan fingerprint density at radius 1 is 0.810 bits per heavy atom. The van der Waals surface area contributed by atoms with Crippen LogP contribution in [0.1, 0.15) is 38.8 Å². The average molecular weight is 602 g/mol. The highest BCUT2D eigenvalue weighted by molar-refractivity contribution is 6.37. The fourth-order valence-corrected chi connectivity index (χ4v) is 4.20. The summed E-state index contributed by atoms with van der Waals surface area (Å²) in [4.78, 5) is 38.0. The van der Waals surface area contributed by atoms with Crippen LogP contribution in [0.3, 0.4) is 0 Å². The first-order valence-corrected chi connectivity index (χ1v) is 13.5. The number of carbonyl (C=O) groups excluding carboxylic acids is 3. The summed E-state index contributed by atoms with van der Waals surface area (Å²) in [5.41, 5.74) is 4.56. The maximum absolute atomic E-state index is 12.9. The Bertz CT molecular complexity index is 1660. The van der Waals surface area contributed by atoms with Crippen molar-refractivity contribution in [2.75, 3.05) is 11.9 Å². The van der Waals surface area contributed by atoms with Gasteiger partial charge >= 0.3 is 5.97 Å². The van der Waals surface area contributed by atoms with Crippen molar-refractivity contribution in [3.8, 4) is 11.5 Å². The molecule has 0 radical (unpaired) electrons. The first-order valence-electron chi connectivity index (χ1n) is 12.7. The summed E-state index contributed by atoms with van der Waals surface area (Å²) in [6.45, 7) is 2.14. The van der Waals surface area contributed by atoms with Crippen LogP contribution in [0.5, 0.6) is 11.5 Å². The standard InChI is InChI=1S/C32H25Cl2N3O5/c1-2-41-29-18-22(12-16-28(29)42-30(38)17-13-21-8-4-3-5-9-21)20-35-37-32(40)25-10-6-7-11-27(25)36-31(39)24-15-14-23(33)19-26(24)34/h3-20H,2H2,1H3,(H,36,39)(H,37,40)/b17-13+,35-20-. The molecule has 0 aliphatic carbocycles. The molecule has 0 bridgehead atoms. The number of benzene rings is 4. The van der Waals surface area contributed by atoms with Crippen molar-refractivity contribution in [1.29, 1.82) is 0 Å². The summed E-state index contributed by atoms with van der Waals surface area (Å²) >= 11 is 12.1. The lowest BCUT2D eigenvalue weighted by Gasteiger charge is -2.11. The molecule has 0 fully saturated rings. The predicted octanol–water partition coefficient (Wildman–Crippen LogP) is 7.03. The molecule has 4 aromatic carbocycles. The van der Waals surface area contributed by atoms with E-state index in [-0.39, 0.29) is 27.6 Å². The zero-order valence-electron chi connectivity index (χ0n) is 22.3. The Labute approximate surface area is 252 Å². The number of esters is 1. The molecule has 10 heteroatoms. The van der Waals surface area contributed by atoms with Gasteiger partial charge in [-0.3, -0.25) is 9.59 Å². The van der Waals surface area contributed by atoms with E-state index in [9.17, 15) is 14.4 Å². The maximum atomic E-state index is 12.9. The molecule has 0 unspecified atom stereocenters. The van der Waals surface area contributed by atoms with Crippen molar-refractivity contribution in [1.82, 2.24) is 5.43 Å². The monoisotopic (exact) mass is 601 g/mol. The van der Waals surface area contributed by atoms with Gasteiger partial charge in [0.05, 0.1) is 34.7 Å². The predicted molar refractivity (Wildman–Crippen MR) is 165 cm³/mol. The number of hydrogen-bond acceptors (Lipinski definition) is 6. The summed E-state index contributed by atoms with van der Waals surface area (Å²) in [5.74, 6) is -1.03. The van der Waals surface area contributed by atoms with Crippen molar-refractivity contribution >= 4 is 59.0 Å². The van der Waals surface area contributed by atoms with Gasteiger partial charge in [-0.1, -0.05) is 65.7 Å². The van der Waals surface area contributed by atoms with Crippen LogP contribution in [0.2, 0.25) is 10.0 Å². The topological polar surface area (TPSA) is 106 Å². The van der Waals surface area contributed by atoms with Gasteiger partial charge in [-0.15, -0.1) is 0 Å². The van der Waals surface area contributed by atoms with Gasteiger partial charge in [0.1, 0.15) is 0 Å². The van der Waals surface area contributed by atoms with E-state index in [1.165, 1.54) is 24.4 Å². The molecule has 212 valence electrons. The van der Waals surface area contributed by atoms with Crippen molar-refractivity contribution in [3.63, 3.8) is 0 Å². The Hall–Kier alpha value is -4.92. The highest BCUT2D eigenvalue weighted by atomic mass is 35.5. The SMILES string of the molecule is CCOc1cc(/C=N\NC(=O)c2ccccc2NC(=O)c2ccc(Cl)cc2Cl)ccc1OC(=O)/C=C/c1ccccc1. The second-order valence-corrected chi connectivity index (χ2v) is 9.47. The summed E-state index contributed by atoms with van der Waals surface area (Å²) in [6, 6.07) is 25.2. The number of rotatable bonds is 10. The largest absolute Gasteiger partial charge is 0.490 e. The zero-order valence-corrected chi connectivity index (χ0v) is 23.9. The van der Waals surface area contributed by atoms with E-state index >= 15 is 0 Å². The molecular weight excluding hydrogens is 577 g/mol. The molecule has 0 atom stereocenters. The lowest BCUT2D eigenvalue weighted by Crippen LogP contribution is -2.21. The minimum absolute atomic E-state index is 0.183. The number of hydrazone groups is 1. The van der Waals surface area contributed by atoms with Gasteiger partial charge in [0, 0.05) is 11.1 Å². The molecule has 42 heavy (non-hydrogen) atoms. The van der Waals surface area contributed by atoms with Crippen LogP contribution >= 0.6 is 23.2 Å². The van der Waals surface area contributed by atoms with Crippen molar-refractivity contribution in [2.45, 2.75) is 6.92 Å². The molecule has 0 aromatic heterocycles. The van der Waals surface area contributed by atoms with Gasteiger partial charge in [0.25, 0.3) is 11.8 Å². The highest BCUT2D eigenvalue weighted by Gasteiger charge is 2.16. The normalized spacial score (nSPS) is 10.9. The number of para-hydroxylation sites is 1. The summed E-state index contributed by atoms with van der Waals surface area (Å²) in [6.07, 6.45) is 4.40. The van der Waals surface area contributed by atoms with Gasteiger partial charge in [0.2, 0.25) is 0 Å². The van der Waals surface area contributed by atoms with Crippen LogP contribution in [0, 0.1) is 0 Å². The maximum Gasteiger partial charge on any atom is 0.336 e. The van der Waals surface area contributed by atoms with Crippen LogP contribution in [-0.4, -0.2) is 30.6 Å². The third-order valence-corrected chi connectivity index (χ3v) is 6.21. The number of nitrogens with one attached hydrogen (secondary N) is 2. The van der Waals surface area contributed by atoms with Crippen LogP contribution in [0.25, 0.3) is 6.08 Å². The lowest BCUT2D eigenvalue weighted by atomic mass is 10.1. The van der Waals surface area contributed by atoms with Crippen molar-refractivity contribution < 1.29 is 23.9 Å². The molecule has 0 heterocycles. The fourth-order valence-electron chi connectivity index (χ4n) is 3.71. The van der Waals surface area contributed by atoms with Gasteiger partial charge < -0.3 is 14.8 Å². The quantitative estimate of drug-likeness (QED) is 0.0667. The Kier molecular flexibility index (Phi) is 10.5. The Morgan fingerprint density at radius 2 is 1.57 bits per heavy atom. The number of anilines is 1. The molecule has 0 aliphatic heterocycles. The van der Waals surface area contributed by atoms with Gasteiger partial charge in [-0.05, 0) is 72.7 Å². The zero-order chi connectivity index (χ0) is 29.9. The molecule has 0 saturated carbocycles. The summed E-state index contributed by atoms with van der Waals surface area (Å²) in [7, 11) is 0. The van der Waals surface area contributed by atoms with E-state index in [0.717, 1.165) is 5.56 Å². The number of ether oxygens (including phenoxy) is 2. The van der Waals surface area contributed by atoms with E-state index in [4.69, 9.17) is 32.7 Å². The minimum atomic E-state index is -0.558. The molecular formula is C32H25Cl2N3O5. The second kappa shape index (κ2) is 14.6.